The summed E-state index contributed by atoms with van der Waals surface area (Å²) in [5, 5.41) is 0. The summed E-state index contributed by atoms with van der Waals surface area (Å²) in [5.74, 6) is 0. The number of rotatable bonds is 8. The fourth-order valence-electron chi connectivity index (χ4n) is 1.38. The maximum absolute atomic E-state index is 5.81. The Morgan fingerprint density at radius 3 is 2.00 bits per heavy atom. The van der Waals surface area contributed by atoms with E-state index in [-0.39, 0.29) is 6.29 Å². The summed E-state index contributed by atoms with van der Waals surface area (Å²) in [6.07, 6.45) is 5.89. The minimum Gasteiger partial charge on any atom is -0.356 e. The summed E-state index contributed by atoms with van der Waals surface area (Å²) in [6, 6.07) is 0. The molecule has 0 rings (SSSR count). The lowest BCUT2D eigenvalue weighted by atomic mass is 10.1. The van der Waals surface area contributed by atoms with Gasteiger partial charge in [-0.15, -0.1) is 0 Å². The second kappa shape index (κ2) is 8.52. The van der Waals surface area contributed by atoms with Crippen LogP contribution >= 0.6 is 0 Å². The predicted molar refractivity (Wildman–Crippen MR) is 55.8 cm³/mol. The van der Waals surface area contributed by atoms with Crippen molar-refractivity contribution in [1.82, 2.24) is 0 Å². The van der Waals surface area contributed by atoms with Gasteiger partial charge in [-0.3, -0.25) is 0 Å². The molecule has 0 aliphatic carbocycles. The molecule has 2 heteroatoms. The Hall–Kier alpha value is -0.0800. The normalized spacial score (nSPS) is 15.7. The zero-order chi connectivity index (χ0) is 10.1. The third-order valence-electron chi connectivity index (χ3n) is 2.20. The lowest BCUT2D eigenvalue weighted by Crippen LogP contribution is -2.23. The van der Waals surface area contributed by atoms with Crippen LogP contribution in [-0.2, 0) is 9.47 Å². The van der Waals surface area contributed by atoms with Crippen LogP contribution in [0.25, 0.3) is 0 Å². The predicted octanol–water partition coefficient (Wildman–Crippen LogP) is 3.35. The smallest absolute Gasteiger partial charge is 0.157 e. The summed E-state index contributed by atoms with van der Waals surface area (Å²) < 4.78 is 11.1. The molecule has 0 saturated carbocycles. The fraction of sp³-hybridized carbons (Fsp3) is 1.00. The van der Waals surface area contributed by atoms with Crippen LogP contribution in [0, 0.1) is 0 Å². The molecule has 0 aromatic carbocycles. The molecular formula is C11H24O2. The van der Waals surface area contributed by atoms with Crippen molar-refractivity contribution in [2.75, 3.05) is 7.11 Å². The van der Waals surface area contributed by atoms with Crippen molar-refractivity contribution in [3.05, 3.63) is 0 Å². The van der Waals surface area contributed by atoms with Crippen LogP contribution in [0.5, 0.6) is 0 Å². The van der Waals surface area contributed by atoms with Gasteiger partial charge in [-0.05, 0) is 19.3 Å². The maximum atomic E-state index is 5.81. The van der Waals surface area contributed by atoms with Gasteiger partial charge >= 0.3 is 0 Å². The van der Waals surface area contributed by atoms with E-state index in [9.17, 15) is 0 Å². The molecule has 80 valence electrons. The van der Waals surface area contributed by atoms with Crippen molar-refractivity contribution in [3.8, 4) is 0 Å². The van der Waals surface area contributed by atoms with E-state index in [4.69, 9.17) is 9.47 Å². The molecule has 13 heavy (non-hydrogen) atoms. The molecule has 0 amide bonds. The number of methoxy groups -OCH3 is 1. The summed E-state index contributed by atoms with van der Waals surface area (Å²) in [6.45, 7) is 6.50. The van der Waals surface area contributed by atoms with Gasteiger partial charge < -0.3 is 9.47 Å². The summed E-state index contributed by atoms with van der Waals surface area (Å²) in [4.78, 5) is 0. The fourth-order valence-corrected chi connectivity index (χ4v) is 1.38. The van der Waals surface area contributed by atoms with Crippen molar-refractivity contribution in [3.63, 3.8) is 0 Å². The van der Waals surface area contributed by atoms with Gasteiger partial charge in [-0.25, -0.2) is 0 Å². The first-order valence-corrected chi connectivity index (χ1v) is 5.46. The molecule has 0 aliphatic heterocycles. The number of hydrogen-bond acceptors (Lipinski definition) is 2. The highest BCUT2D eigenvalue weighted by atomic mass is 16.7. The highest BCUT2D eigenvalue weighted by Gasteiger charge is 2.12. The monoisotopic (exact) mass is 188 g/mol. The molecule has 0 heterocycles. The molecule has 0 bridgehead atoms. The molecule has 0 saturated heterocycles. The average molecular weight is 188 g/mol. The molecule has 0 radical (unpaired) electrons. The lowest BCUT2D eigenvalue weighted by Gasteiger charge is -2.22. The van der Waals surface area contributed by atoms with Crippen LogP contribution in [0.15, 0.2) is 0 Å². The van der Waals surface area contributed by atoms with E-state index >= 15 is 0 Å². The highest BCUT2D eigenvalue weighted by Crippen LogP contribution is 2.12. The van der Waals surface area contributed by atoms with E-state index in [1.54, 1.807) is 7.11 Å². The minimum atomic E-state index is 0.00139. The first-order chi connectivity index (χ1) is 6.28. The van der Waals surface area contributed by atoms with E-state index in [1.807, 2.05) is 0 Å². The third-order valence-corrected chi connectivity index (χ3v) is 2.20. The summed E-state index contributed by atoms with van der Waals surface area (Å²) in [5.41, 5.74) is 0. The molecule has 2 unspecified atom stereocenters. The van der Waals surface area contributed by atoms with Crippen molar-refractivity contribution in [1.29, 1.82) is 0 Å². The van der Waals surface area contributed by atoms with Crippen molar-refractivity contribution < 1.29 is 9.47 Å². The van der Waals surface area contributed by atoms with Gasteiger partial charge in [0, 0.05) is 7.11 Å². The molecular weight excluding hydrogens is 164 g/mol. The third kappa shape index (κ3) is 6.05. The second-order valence-corrected chi connectivity index (χ2v) is 3.41. The van der Waals surface area contributed by atoms with Crippen LogP contribution in [0.3, 0.4) is 0 Å². The van der Waals surface area contributed by atoms with Crippen LogP contribution in [0.1, 0.15) is 52.9 Å². The molecule has 2 nitrogen and oxygen atoms in total. The van der Waals surface area contributed by atoms with Gasteiger partial charge in [-0.2, -0.15) is 0 Å². The maximum Gasteiger partial charge on any atom is 0.157 e. The topological polar surface area (TPSA) is 18.5 Å². The molecule has 2 atom stereocenters. The quantitative estimate of drug-likeness (QED) is 0.544. The van der Waals surface area contributed by atoms with Gasteiger partial charge in [0.1, 0.15) is 0 Å². The average Bonchev–Trinajstić information content (AvgIpc) is 2.16. The van der Waals surface area contributed by atoms with E-state index in [2.05, 4.69) is 20.8 Å². The first kappa shape index (κ1) is 12.9. The van der Waals surface area contributed by atoms with E-state index in [0.29, 0.717) is 6.10 Å². The number of hydrogen-bond donors (Lipinski definition) is 0. The van der Waals surface area contributed by atoms with Gasteiger partial charge in [0.15, 0.2) is 6.29 Å². The van der Waals surface area contributed by atoms with Gasteiger partial charge in [-0.1, -0.05) is 33.6 Å². The standard InChI is InChI=1S/C11H24O2/c1-5-8-10(7-3)13-11(12-4)9-6-2/h10-11H,5-9H2,1-4H3. The Kier molecular flexibility index (Phi) is 8.46. The van der Waals surface area contributed by atoms with Crippen molar-refractivity contribution >= 4 is 0 Å². The number of ether oxygens (including phenoxy) is 2. The molecule has 0 aromatic heterocycles. The van der Waals surface area contributed by atoms with Gasteiger partial charge in [0.05, 0.1) is 6.10 Å². The molecule has 0 aromatic rings. The van der Waals surface area contributed by atoms with Crippen LogP contribution < -0.4 is 0 Å². The van der Waals surface area contributed by atoms with Gasteiger partial charge in [0.25, 0.3) is 0 Å². The minimum absolute atomic E-state index is 0.00139. The van der Waals surface area contributed by atoms with E-state index < -0.39 is 0 Å². The van der Waals surface area contributed by atoms with E-state index in [0.717, 1.165) is 25.7 Å². The Balaban J connectivity index is 3.73. The van der Waals surface area contributed by atoms with Crippen molar-refractivity contribution in [2.45, 2.75) is 65.3 Å². The van der Waals surface area contributed by atoms with Crippen LogP contribution in [-0.4, -0.2) is 19.5 Å². The Bertz CT molecular complexity index is 92.3. The zero-order valence-corrected chi connectivity index (χ0v) is 9.51. The molecule has 0 fully saturated rings. The lowest BCUT2D eigenvalue weighted by molar-refractivity contribution is -0.160. The zero-order valence-electron chi connectivity index (χ0n) is 9.51. The molecule has 0 aliphatic rings. The van der Waals surface area contributed by atoms with Crippen LogP contribution in [0.2, 0.25) is 0 Å². The highest BCUT2D eigenvalue weighted by molar-refractivity contribution is 4.56. The Labute approximate surface area is 82.6 Å². The van der Waals surface area contributed by atoms with Crippen molar-refractivity contribution in [2.24, 2.45) is 0 Å². The largest absolute Gasteiger partial charge is 0.356 e. The van der Waals surface area contributed by atoms with Crippen LogP contribution in [0.4, 0.5) is 0 Å². The Morgan fingerprint density at radius 1 is 1.00 bits per heavy atom. The molecule has 0 spiro atoms. The SMILES string of the molecule is CCCC(CC)OC(CCC)OC. The molecule has 0 N–H and O–H groups in total. The van der Waals surface area contributed by atoms with Gasteiger partial charge in [0.2, 0.25) is 0 Å². The van der Waals surface area contributed by atoms with E-state index in [1.165, 1.54) is 6.42 Å². The first-order valence-electron chi connectivity index (χ1n) is 5.46. The summed E-state index contributed by atoms with van der Waals surface area (Å²) in [7, 11) is 1.72. The Morgan fingerprint density at radius 2 is 1.62 bits per heavy atom. The second-order valence-electron chi connectivity index (χ2n) is 3.41. The summed E-state index contributed by atoms with van der Waals surface area (Å²) >= 11 is 0.